The number of anilines is 1. The molecule has 0 aliphatic carbocycles. The van der Waals surface area contributed by atoms with E-state index in [1.165, 1.54) is 30.8 Å². The summed E-state index contributed by atoms with van der Waals surface area (Å²) in [5, 5.41) is 5.37. The van der Waals surface area contributed by atoms with Crippen LogP contribution in [0.25, 0.3) is 0 Å². The zero-order valence-electron chi connectivity index (χ0n) is 15.0. The number of hydrogen-bond donors (Lipinski definition) is 2. The van der Waals surface area contributed by atoms with Crippen molar-refractivity contribution in [1.82, 2.24) is 5.32 Å². The Labute approximate surface area is 171 Å². The lowest BCUT2D eigenvalue weighted by Crippen LogP contribution is -2.33. The fourth-order valence-electron chi connectivity index (χ4n) is 2.36. The highest BCUT2D eigenvalue weighted by Gasteiger charge is 2.20. The third kappa shape index (κ3) is 6.13. The molecule has 0 radical (unpaired) electrons. The van der Waals surface area contributed by atoms with Crippen LogP contribution in [-0.2, 0) is 9.59 Å². The van der Waals surface area contributed by atoms with E-state index in [-0.39, 0.29) is 22.1 Å². The molecule has 0 spiro atoms. The average Bonchev–Trinajstić information content (AvgIpc) is 2.59. The van der Waals surface area contributed by atoms with E-state index in [1.807, 2.05) is 12.1 Å². The summed E-state index contributed by atoms with van der Waals surface area (Å²) in [6.45, 7) is 4.94. The monoisotopic (exact) mass is 428 g/mol. The normalized spacial score (nSPS) is 13.0. The number of rotatable bonds is 6. The van der Waals surface area contributed by atoms with Crippen LogP contribution in [0, 0.1) is 5.82 Å². The van der Waals surface area contributed by atoms with Crippen molar-refractivity contribution in [3.63, 3.8) is 0 Å². The molecule has 2 rings (SSSR count). The molecule has 2 aromatic rings. The fraction of sp³-hybridized carbons (Fsp3) is 0.263. The van der Waals surface area contributed by atoms with Gasteiger partial charge in [0.05, 0.1) is 16.3 Å². The minimum atomic E-state index is -0.584. The molecule has 0 saturated heterocycles. The minimum Gasteiger partial charge on any atom is -0.349 e. The lowest BCUT2D eigenvalue weighted by molar-refractivity contribution is -0.121. The second kappa shape index (κ2) is 9.44. The first-order chi connectivity index (χ1) is 12.7. The first kappa shape index (κ1) is 21.5. The number of benzene rings is 2. The van der Waals surface area contributed by atoms with Gasteiger partial charge >= 0.3 is 0 Å². The molecule has 0 aliphatic rings. The Morgan fingerprint density at radius 1 is 1.07 bits per heavy atom. The third-order valence-corrected chi connectivity index (χ3v) is 5.45. The largest absolute Gasteiger partial charge is 0.349 e. The average molecular weight is 429 g/mol. The van der Waals surface area contributed by atoms with E-state index in [0.29, 0.717) is 16.3 Å². The van der Waals surface area contributed by atoms with Gasteiger partial charge in [0.1, 0.15) is 5.82 Å². The van der Waals surface area contributed by atoms with Crippen molar-refractivity contribution >= 4 is 52.5 Å². The lowest BCUT2D eigenvalue weighted by Gasteiger charge is -2.19. The Hall–Kier alpha value is -1.76. The highest BCUT2D eigenvalue weighted by Crippen LogP contribution is 2.30. The molecule has 8 heteroatoms. The molecule has 0 aliphatic heterocycles. The van der Waals surface area contributed by atoms with Crippen LogP contribution in [0.5, 0.6) is 0 Å². The summed E-state index contributed by atoms with van der Waals surface area (Å²) < 4.78 is 13.7. The molecule has 2 N–H and O–H groups in total. The Morgan fingerprint density at radius 2 is 1.70 bits per heavy atom. The van der Waals surface area contributed by atoms with E-state index in [2.05, 4.69) is 10.6 Å². The van der Waals surface area contributed by atoms with Crippen LogP contribution < -0.4 is 10.6 Å². The molecule has 144 valence electrons. The van der Waals surface area contributed by atoms with Gasteiger partial charge in [0.25, 0.3) is 0 Å². The van der Waals surface area contributed by atoms with Crippen molar-refractivity contribution in [2.24, 2.45) is 0 Å². The predicted molar refractivity (Wildman–Crippen MR) is 109 cm³/mol. The predicted octanol–water partition coefficient (Wildman–Crippen LogP) is 5.45. The van der Waals surface area contributed by atoms with Gasteiger partial charge < -0.3 is 10.6 Å². The van der Waals surface area contributed by atoms with Crippen molar-refractivity contribution in [3.05, 3.63) is 57.8 Å². The molecule has 2 amide bonds. The van der Waals surface area contributed by atoms with Crippen LogP contribution >= 0.6 is 35.0 Å². The summed E-state index contributed by atoms with van der Waals surface area (Å²) in [6, 6.07) is 9.28. The summed E-state index contributed by atoms with van der Waals surface area (Å²) in [6.07, 6.45) is 0. The van der Waals surface area contributed by atoms with E-state index < -0.39 is 11.9 Å². The molecule has 27 heavy (non-hydrogen) atoms. The van der Waals surface area contributed by atoms with Crippen molar-refractivity contribution in [3.8, 4) is 0 Å². The van der Waals surface area contributed by atoms with Crippen LogP contribution in [0.1, 0.15) is 32.4 Å². The number of amides is 2. The van der Waals surface area contributed by atoms with E-state index in [0.717, 1.165) is 4.90 Å². The number of nitrogens with one attached hydrogen (secondary N) is 2. The van der Waals surface area contributed by atoms with E-state index in [9.17, 15) is 14.0 Å². The molecule has 2 aromatic carbocycles. The number of halogens is 3. The standard InChI is InChI=1S/C19H19Cl2FN2O2S/c1-10(15-8-18(22)17(21)9-16(15)20)23-19(26)11(2)27-14-6-4-13(5-7-14)24-12(3)25/h4-11H,1-3H3,(H,23,26)(H,24,25). The molecule has 2 atom stereocenters. The van der Waals surface area contributed by atoms with E-state index in [1.54, 1.807) is 26.0 Å². The Morgan fingerprint density at radius 3 is 2.30 bits per heavy atom. The zero-order valence-corrected chi connectivity index (χ0v) is 17.3. The molecule has 0 saturated carbocycles. The molecule has 2 unspecified atom stereocenters. The first-order valence-electron chi connectivity index (χ1n) is 8.16. The maximum atomic E-state index is 13.7. The number of thioether (sulfide) groups is 1. The Bertz CT molecular complexity index is 846. The Kier molecular flexibility index (Phi) is 7.53. The third-order valence-electron chi connectivity index (χ3n) is 3.72. The van der Waals surface area contributed by atoms with Gasteiger partial charge in [-0.15, -0.1) is 11.8 Å². The molecular weight excluding hydrogens is 410 g/mol. The van der Waals surface area contributed by atoms with Gasteiger partial charge in [-0.25, -0.2) is 4.39 Å². The molecule has 0 fully saturated rings. The maximum Gasteiger partial charge on any atom is 0.233 e. The number of carbonyl (C=O) groups excluding carboxylic acids is 2. The first-order valence-corrected chi connectivity index (χ1v) is 9.80. The SMILES string of the molecule is CC(=O)Nc1ccc(SC(C)C(=O)NC(C)c2cc(F)c(Cl)cc2Cl)cc1. The summed E-state index contributed by atoms with van der Waals surface area (Å²) in [7, 11) is 0. The molecule has 4 nitrogen and oxygen atoms in total. The molecule has 0 aromatic heterocycles. The highest BCUT2D eigenvalue weighted by molar-refractivity contribution is 8.00. The maximum absolute atomic E-state index is 13.7. The van der Waals surface area contributed by atoms with Gasteiger partial charge in [-0.05, 0) is 55.8 Å². The van der Waals surface area contributed by atoms with Crippen LogP contribution in [0.15, 0.2) is 41.3 Å². The van der Waals surface area contributed by atoms with Crippen LogP contribution in [0.3, 0.4) is 0 Å². The quantitative estimate of drug-likeness (QED) is 0.474. The van der Waals surface area contributed by atoms with Crippen molar-refractivity contribution in [2.45, 2.75) is 37.0 Å². The van der Waals surface area contributed by atoms with Crippen LogP contribution in [-0.4, -0.2) is 17.1 Å². The summed E-state index contributed by atoms with van der Waals surface area (Å²) in [4.78, 5) is 24.4. The van der Waals surface area contributed by atoms with Gasteiger partial charge in [-0.2, -0.15) is 0 Å². The van der Waals surface area contributed by atoms with Crippen LogP contribution in [0.2, 0.25) is 10.0 Å². The Balaban J connectivity index is 1.99. The van der Waals surface area contributed by atoms with Gasteiger partial charge in [-0.1, -0.05) is 23.2 Å². The van der Waals surface area contributed by atoms with Gasteiger partial charge in [-0.3, -0.25) is 9.59 Å². The fourth-order valence-corrected chi connectivity index (χ4v) is 3.78. The zero-order chi connectivity index (χ0) is 20.1. The van der Waals surface area contributed by atoms with Gasteiger partial charge in [0, 0.05) is 22.5 Å². The molecule has 0 heterocycles. The molecule has 0 bridgehead atoms. The smallest absolute Gasteiger partial charge is 0.233 e. The van der Waals surface area contributed by atoms with E-state index >= 15 is 0 Å². The highest BCUT2D eigenvalue weighted by atomic mass is 35.5. The lowest BCUT2D eigenvalue weighted by atomic mass is 10.1. The molecular formula is C19H19Cl2FN2O2S. The van der Waals surface area contributed by atoms with Gasteiger partial charge in [0.2, 0.25) is 11.8 Å². The van der Waals surface area contributed by atoms with Crippen molar-refractivity contribution < 1.29 is 14.0 Å². The van der Waals surface area contributed by atoms with Crippen LogP contribution in [0.4, 0.5) is 10.1 Å². The summed E-state index contributed by atoms with van der Waals surface area (Å²) >= 11 is 13.2. The van der Waals surface area contributed by atoms with Crippen molar-refractivity contribution in [1.29, 1.82) is 0 Å². The topological polar surface area (TPSA) is 58.2 Å². The summed E-state index contributed by atoms with van der Waals surface area (Å²) in [5.41, 5.74) is 1.15. The number of hydrogen-bond acceptors (Lipinski definition) is 3. The van der Waals surface area contributed by atoms with Crippen molar-refractivity contribution in [2.75, 3.05) is 5.32 Å². The summed E-state index contributed by atoms with van der Waals surface area (Å²) in [5.74, 6) is -0.932. The number of carbonyl (C=O) groups is 2. The van der Waals surface area contributed by atoms with Gasteiger partial charge in [0.15, 0.2) is 0 Å². The minimum absolute atomic E-state index is 0.0612. The second-order valence-corrected chi connectivity index (χ2v) is 8.21. The van der Waals surface area contributed by atoms with E-state index in [4.69, 9.17) is 23.2 Å². The second-order valence-electron chi connectivity index (χ2n) is 5.98.